The smallest absolute Gasteiger partial charge is 0.203 e. The summed E-state index contributed by atoms with van der Waals surface area (Å²) in [7, 11) is 4.75. The molecule has 0 amide bonds. The van der Waals surface area contributed by atoms with Crippen molar-refractivity contribution in [1.82, 2.24) is 9.97 Å². The standard InChI is InChI=1S/C27H26N4O3/c1-5-13-31(20-15-23(32-2)26(34-4)24(16-20)33-3)17-18-11-12-21-22(14-18)30-27(28)25(29-21)19-9-7-6-8-10-19/h1,6-12,14-16H,13,17H2,2-4H3,(H2,28,30). The highest BCUT2D eigenvalue weighted by Crippen LogP contribution is 2.41. The number of rotatable bonds is 8. The van der Waals surface area contributed by atoms with Gasteiger partial charge in [0.25, 0.3) is 0 Å². The molecule has 0 saturated carbocycles. The first-order valence-electron chi connectivity index (χ1n) is 10.7. The van der Waals surface area contributed by atoms with Crippen molar-refractivity contribution in [3.8, 4) is 40.8 Å². The second-order valence-corrected chi connectivity index (χ2v) is 7.59. The number of hydrogen-bond donors (Lipinski definition) is 1. The van der Waals surface area contributed by atoms with Gasteiger partial charge in [0.15, 0.2) is 17.3 Å². The highest BCUT2D eigenvalue weighted by atomic mass is 16.5. The normalized spacial score (nSPS) is 10.5. The molecular formula is C27H26N4O3. The van der Waals surface area contributed by atoms with Crippen molar-refractivity contribution >= 4 is 22.5 Å². The number of terminal acetylenes is 1. The molecule has 0 aliphatic carbocycles. The summed E-state index contributed by atoms with van der Waals surface area (Å²) in [6, 6.07) is 19.5. The number of aromatic nitrogens is 2. The van der Waals surface area contributed by atoms with E-state index in [1.165, 1.54) is 0 Å². The van der Waals surface area contributed by atoms with Crippen LogP contribution in [-0.4, -0.2) is 37.8 Å². The van der Waals surface area contributed by atoms with Crippen LogP contribution in [0.25, 0.3) is 22.3 Å². The molecule has 0 saturated heterocycles. The van der Waals surface area contributed by atoms with Crippen molar-refractivity contribution in [2.24, 2.45) is 0 Å². The van der Waals surface area contributed by atoms with Gasteiger partial charge in [-0.1, -0.05) is 42.3 Å². The average Bonchev–Trinajstić information content (AvgIpc) is 2.87. The SMILES string of the molecule is C#CCN(Cc1ccc2nc(-c3ccccc3)c(N)nc2c1)c1cc(OC)c(OC)c(OC)c1. The van der Waals surface area contributed by atoms with Crippen molar-refractivity contribution < 1.29 is 14.2 Å². The Balaban J connectivity index is 1.69. The van der Waals surface area contributed by atoms with E-state index in [-0.39, 0.29) is 0 Å². The van der Waals surface area contributed by atoms with E-state index in [0.717, 1.165) is 27.8 Å². The number of methoxy groups -OCH3 is 3. The summed E-state index contributed by atoms with van der Waals surface area (Å²) in [4.78, 5) is 11.4. The maximum atomic E-state index is 6.25. The number of fused-ring (bicyclic) bond motifs is 1. The molecule has 7 heteroatoms. The minimum Gasteiger partial charge on any atom is -0.493 e. The molecule has 2 N–H and O–H groups in total. The molecular weight excluding hydrogens is 428 g/mol. The number of nitrogens with zero attached hydrogens (tertiary/aromatic N) is 3. The molecule has 172 valence electrons. The molecule has 0 bridgehead atoms. The van der Waals surface area contributed by atoms with Gasteiger partial charge in [-0.2, -0.15) is 0 Å². The van der Waals surface area contributed by atoms with Crippen LogP contribution in [0.15, 0.2) is 60.7 Å². The van der Waals surface area contributed by atoms with Crippen molar-refractivity contribution in [1.29, 1.82) is 0 Å². The third kappa shape index (κ3) is 4.52. The lowest BCUT2D eigenvalue weighted by Crippen LogP contribution is -2.23. The van der Waals surface area contributed by atoms with Crippen LogP contribution in [-0.2, 0) is 6.54 Å². The molecule has 0 fully saturated rings. The van der Waals surface area contributed by atoms with E-state index >= 15 is 0 Å². The van der Waals surface area contributed by atoms with Crippen LogP contribution in [0, 0.1) is 12.3 Å². The fourth-order valence-corrected chi connectivity index (χ4v) is 3.84. The van der Waals surface area contributed by atoms with Crippen molar-refractivity contribution in [2.75, 3.05) is 38.5 Å². The minimum atomic E-state index is 0.386. The van der Waals surface area contributed by atoms with E-state index in [1.807, 2.05) is 65.6 Å². The zero-order chi connectivity index (χ0) is 24.1. The first-order chi connectivity index (χ1) is 16.6. The molecule has 1 aromatic heterocycles. The molecule has 0 aliphatic heterocycles. The molecule has 4 rings (SSSR count). The lowest BCUT2D eigenvalue weighted by Gasteiger charge is -2.25. The predicted octanol–water partition coefficient (Wildman–Crippen LogP) is 4.54. The summed E-state index contributed by atoms with van der Waals surface area (Å²) in [5.41, 5.74) is 11.2. The largest absolute Gasteiger partial charge is 0.493 e. The maximum absolute atomic E-state index is 6.25. The number of hydrogen-bond acceptors (Lipinski definition) is 7. The number of nitrogens with two attached hydrogens (primary N) is 1. The highest BCUT2D eigenvalue weighted by molar-refractivity contribution is 5.83. The Labute approximate surface area is 199 Å². The number of anilines is 2. The second kappa shape index (κ2) is 10.0. The van der Waals surface area contributed by atoms with Crippen LogP contribution >= 0.6 is 0 Å². The number of benzene rings is 3. The quantitative estimate of drug-likeness (QED) is 0.391. The van der Waals surface area contributed by atoms with E-state index in [1.54, 1.807) is 21.3 Å². The molecule has 7 nitrogen and oxygen atoms in total. The predicted molar refractivity (Wildman–Crippen MR) is 135 cm³/mol. The lowest BCUT2D eigenvalue weighted by atomic mass is 10.1. The Hall–Kier alpha value is -4.44. The molecule has 0 spiro atoms. The fourth-order valence-electron chi connectivity index (χ4n) is 3.84. The van der Waals surface area contributed by atoms with Crippen LogP contribution in [0.5, 0.6) is 17.2 Å². The summed E-state index contributed by atoms with van der Waals surface area (Å²) in [5.74, 6) is 4.76. The van der Waals surface area contributed by atoms with Gasteiger partial charge in [0.05, 0.1) is 38.9 Å². The Morgan fingerprint density at radius 1 is 0.882 bits per heavy atom. The lowest BCUT2D eigenvalue weighted by molar-refractivity contribution is 0.324. The molecule has 0 aliphatic rings. The summed E-state index contributed by atoms with van der Waals surface area (Å²) >= 11 is 0. The molecule has 0 unspecified atom stereocenters. The van der Waals surface area contributed by atoms with Gasteiger partial charge in [-0.15, -0.1) is 6.42 Å². The van der Waals surface area contributed by atoms with E-state index in [9.17, 15) is 0 Å². The maximum Gasteiger partial charge on any atom is 0.203 e. The van der Waals surface area contributed by atoms with Gasteiger partial charge >= 0.3 is 0 Å². The van der Waals surface area contributed by atoms with Crippen LogP contribution < -0.4 is 24.8 Å². The molecule has 3 aromatic carbocycles. The Bertz CT molecular complexity index is 1320. The van der Waals surface area contributed by atoms with Gasteiger partial charge < -0.3 is 24.8 Å². The fraction of sp³-hybridized carbons (Fsp3) is 0.185. The highest BCUT2D eigenvalue weighted by Gasteiger charge is 2.17. The Morgan fingerprint density at radius 3 is 2.21 bits per heavy atom. The minimum absolute atomic E-state index is 0.386. The van der Waals surface area contributed by atoms with Crippen molar-refractivity contribution in [3.63, 3.8) is 0 Å². The van der Waals surface area contributed by atoms with Gasteiger partial charge in [0.2, 0.25) is 5.75 Å². The van der Waals surface area contributed by atoms with Gasteiger partial charge in [0.1, 0.15) is 5.69 Å². The van der Waals surface area contributed by atoms with Gasteiger partial charge in [-0.25, -0.2) is 9.97 Å². The summed E-state index contributed by atoms with van der Waals surface area (Å²) < 4.78 is 16.4. The van der Waals surface area contributed by atoms with Crippen LogP contribution in [0.3, 0.4) is 0 Å². The molecule has 4 aromatic rings. The van der Waals surface area contributed by atoms with Crippen LogP contribution in [0.4, 0.5) is 11.5 Å². The zero-order valence-corrected chi connectivity index (χ0v) is 19.4. The Morgan fingerprint density at radius 2 is 1.59 bits per heavy atom. The van der Waals surface area contributed by atoms with E-state index < -0.39 is 0 Å². The van der Waals surface area contributed by atoms with Crippen molar-refractivity contribution in [2.45, 2.75) is 6.54 Å². The second-order valence-electron chi connectivity index (χ2n) is 7.59. The van der Waals surface area contributed by atoms with Gasteiger partial charge in [0, 0.05) is 29.9 Å². The van der Waals surface area contributed by atoms with E-state index in [0.29, 0.717) is 41.8 Å². The number of ether oxygens (including phenoxy) is 3. The van der Waals surface area contributed by atoms with Crippen LogP contribution in [0.2, 0.25) is 0 Å². The topological polar surface area (TPSA) is 82.7 Å². The van der Waals surface area contributed by atoms with Crippen molar-refractivity contribution in [3.05, 3.63) is 66.2 Å². The first-order valence-corrected chi connectivity index (χ1v) is 10.7. The first kappa shape index (κ1) is 22.7. The third-order valence-electron chi connectivity index (χ3n) is 5.47. The van der Waals surface area contributed by atoms with Gasteiger partial charge in [-0.05, 0) is 17.7 Å². The summed E-state index contributed by atoms with van der Waals surface area (Å²) in [6.45, 7) is 0.929. The third-order valence-corrected chi connectivity index (χ3v) is 5.47. The molecule has 0 radical (unpaired) electrons. The van der Waals surface area contributed by atoms with E-state index in [2.05, 4.69) is 10.9 Å². The number of nitrogen functional groups attached to an aromatic ring is 1. The molecule has 1 heterocycles. The average molecular weight is 455 g/mol. The molecule has 0 atom stereocenters. The Kier molecular flexibility index (Phi) is 6.69. The monoisotopic (exact) mass is 454 g/mol. The van der Waals surface area contributed by atoms with Crippen LogP contribution in [0.1, 0.15) is 5.56 Å². The molecule has 34 heavy (non-hydrogen) atoms. The summed E-state index contributed by atoms with van der Waals surface area (Å²) in [6.07, 6.45) is 5.68. The zero-order valence-electron chi connectivity index (χ0n) is 19.4. The summed E-state index contributed by atoms with van der Waals surface area (Å²) in [5, 5.41) is 0. The van der Waals surface area contributed by atoms with Gasteiger partial charge in [-0.3, -0.25) is 0 Å². The van der Waals surface area contributed by atoms with E-state index in [4.69, 9.17) is 31.4 Å².